The SMILES string of the molecule is Cc1ccc(CN2CCN(C(=O)n3cc(N(C)S(C)(=O)=O)cn3)CC2)c(N2CCCC2)c1. The maximum atomic E-state index is 12.8. The summed E-state index contributed by atoms with van der Waals surface area (Å²) in [7, 11) is -1.95. The first-order valence-electron chi connectivity index (χ1n) is 11.1. The number of piperazine rings is 1. The van der Waals surface area contributed by atoms with Crippen molar-refractivity contribution in [3.63, 3.8) is 0 Å². The molecule has 4 rings (SSSR count). The van der Waals surface area contributed by atoms with E-state index in [-0.39, 0.29) is 6.03 Å². The number of benzene rings is 1. The van der Waals surface area contributed by atoms with Gasteiger partial charge >= 0.3 is 6.03 Å². The summed E-state index contributed by atoms with van der Waals surface area (Å²) < 4.78 is 25.8. The van der Waals surface area contributed by atoms with Gasteiger partial charge in [-0.15, -0.1) is 0 Å². The van der Waals surface area contributed by atoms with E-state index in [1.807, 2.05) is 0 Å². The number of amides is 1. The van der Waals surface area contributed by atoms with E-state index in [2.05, 4.69) is 40.0 Å². The molecular formula is C22H32N6O3S. The molecular weight excluding hydrogens is 428 g/mol. The number of carbonyl (C=O) groups is 1. The Kier molecular flexibility index (Phi) is 6.43. The zero-order chi connectivity index (χ0) is 22.9. The van der Waals surface area contributed by atoms with Crippen molar-refractivity contribution in [2.24, 2.45) is 0 Å². The molecule has 2 fully saturated rings. The summed E-state index contributed by atoms with van der Waals surface area (Å²) in [5, 5.41) is 4.08. The Morgan fingerprint density at radius 3 is 2.44 bits per heavy atom. The fraction of sp³-hybridized carbons (Fsp3) is 0.545. The third-order valence-corrected chi connectivity index (χ3v) is 7.56. The number of anilines is 2. The molecule has 32 heavy (non-hydrogen) atoms. The zero-order valence-electron chi connectivity index (χ0n) is 19.1. The van der Waals surface area contributed by atoms with Gasteiger partial charge in [0.1, 0.15) is 0 Å². The maximum absolute atomic E-state index is 12.8. The van der Waals surface area contributed by atoms with E-state index in [1.165, 1.54) is 53.8 Å². The Morgan fingerprint density at radius 2 is 1.78 bits per heavy atom. The van der Waals surface area contributed by atoms with Crippen LogP contribution in [0.2, 0.25) is 0 Å². The van der Waals surface area contributed by atoms with Crippen LogP contribution in [0.4, 0.5) is 16.2 Å². The van der Waals surface area contributed by atoms with Crippen LogP contribution in [0.15, 0.2) is 30.6 Å². The normalized spacial score (nSPS) is 17.7. The lowest BCUT2D eigenvalue weighted by atomic mass is 10.1. The van der Waals surface area contributed by atoms with Gasteiger partial charge in [-0.2, -0.15) is 9.78 Å². The molecule has 1 amide bonds. The summed E-state index contributed by atoms with van der Waals surface area (Å²) in [5.74, 6) is 0. The van der Waals surface area contributed by atoms with Gasteiger partial charge in [0.25, 0.3) is 0 Å². The number of nitrogens with zero attached hydrogens (tertiary/aromatic N) is 6. The highest BCUT2D eigenvalue weighted by Crippen LogP contribution is 2.27. The van der Waals surface area contributed by atoms with Gasteiger partial charge < -0.3 is 9.80 Å². The van der Waals surface area contributed by atoms with Gasteiger partial charge in [0, 0.05) is 58.5 Å². The second kappa shape index (κ2) is 9.11. The lowest BCUT2D eigenvalue weighted by molar-refractivity contribution is 0.134. The predicted molar refractivity (Wildman–Crippen MR) is 126 cm³/mol. The lowest BCUT2D eigenvalue weighted by Crippen LogP contribution is -2.49. The van der Waals surface area contributed by atoms with Crippen LogP contribution >= 0.6 is 0 Å². The van der Waals surface area contributed by atoms with Crippen molar-refractivity contribution in [1.29, 1.82) is 0 Å². The average Bonchev–Trinajstić information content (AvgIpc) is 3.46. The molecule has 0 N–H and O–H groups in total. The lowest BCUT2D eigenvalue weighted by Gasteiger charge is -2.35. The van der Waals surface area contributed by atoms with Gasteiger partial charge in [-0.3, -0.25) is 9.21 Å². The van der Waals surface area contributed by atoms with Gasteiger partial charge in [0.05, 0.1) is 24.3 Å². The van der Waals surface area contributed by atoms with E-state index in [0.29, 0.717) is 18.8 Å². The van der Waals surface area contributed by atoms with Crippen molar-refractivity contribution in [2.45, 2.75) is 26.3 Å². The molecule has 0 atom stereocenters. The molecule has 0 saturated carbocycles. The highest BCUT2D eigenvalue weighted by molar-refractivity contribution is 7.92. The first-order chi connectivity index (χ1) is 15.2. The first kappa shape index (κ1) is 22.6. The number of hydrogen-bond donors (Lipinski definition) is 0. The number of aryl methyl sites for hydroxylation is 1. The Hall–Kier alpha value is -2.59. The molecule has 2 aromatic rings. The van der Waals surface area contributed by atoms with Gasteiger partial charge in [-0.05, 0) is 37.0 Å². The van der Waals surface area contributed by atoms with E-state index in [0.717, 1.165) is 43.3 Å². The highest BCUT2D eigenvalue weighted by atomic mass is 32.2. The molecule has 9 nitrogen and oxygen atoms in total. The van der Waals surface area contributed by atoms with Crippen LogP contribution in [0.25, 0.3) is 0 Å². The molecule has 0 radical (unpaired) electrons. The second-order valence-corrected chi connectivity index (χ2v) is 10.8. The molecule has 2 aliphatic rings. The Morgan fingerprint density at radius 1 is 1.09 bits per heavy atom. The molecule has 1 aromatic heterocycles. The Bertz CT molecular complexity index is 1070. The van der Waals surface area contributed by atoms with Gasteiger partial charge in [-0.1, -0.05) is 12.1 Å². The summed E-state index contributed by atoms with van der Waals surface area (Å²) in [4.78, 5) is 19.5. The minimum absolute atomic E-state index is 0.231. The summed E-state index contributed by atoms with van der Waals surface area (Å²) in [6.07, 6.45) is 6.48. The van der Waals surface area contributed by atoms with Crippen LogP contribution in [0.1, 0.15) is 24.0 Å². The molecule has 1 aromatic carbocycles. The molecule has 174 valence electrons. The van der Waals surface area contributed by atoms with Crippen molar-refractivity contribution in [1.82, 2.24) is 19.6 Å². The highest BCUT2D eigenvalue weighted by Gasteiger charge is 2.25. The molecule has 2 aliphatic heterocycles. The number of carbonyl (C=O) groups excluding carboxylic acids is 1. The van der Waals surface area contributed by atoms with E-state index in [1.54, 1.807) is 4.90 Å². The van der Waals surface area contributed by atoms with Crippen LogP contribution in [0.5, 0.6) is 0 Å². The van der Waals surface area contributed by atoms with Crippen molar-refractivity contribution < 1.29 is 13.2 Å². The largest absolute Gasteiger partial charge is 0.371 e. The van der Waals surface area contributed by atoms with Gasteiger partial charge in [-0.25, -0.2) is 13.2 Å². The van der Waals surface area contributed by atoms with Crippen molar-refractivity contribution >= 4 is 27.4 Å². The fourth-order valence-corrected chi connectivity index (χ4v) is 4.79. The third-order valence-electron chi connectivity index (χ3n) is 6.35. The minimum Gasteiger partial charge on any atom is -0.371 e. The average molecular weight is 461 g/mol. The predicted octanol–water partition coefficient (Wildman–Crippen LogP) is 1.97. The maximum Gasteiger partial charge on any atom is 0.344 e. The number of rotatable bonds is 5. The fourth-order valence-electron chi connectivity index (χ4n) is 4.32. The van der Waals surface area contributed by atoms with E-state index < -0.39 is 10.0 Å². The number of aromatic nitrogens is 2. The van der Waals surface area contributed by atoms with Crippen LogP contribution in [-0.2, 0) is 16.6 Å². The smallest absolute Gasteiger partial charge is 0.344 e. The van der Waals surface area contributed by atoms with E-state index in [4.69, 9.17) is 0 Å². The van der Waals surface area contributed by atoms with Crippen LogP contribution < -0.4 is 9.21 Å². The summed E-state index contributed by atoms with van der Waals surface area (Å²) in [6.45, 7) is 8.06. The van der Waals surface area contributed by atoms with Crippen LogP contribution in [0.3, 0.4) is 0 Å². The molecule has 0 spiro atoms. The molecule has 0 unspecified atom stereocenters. The molecule has 0 bridgehead atoms. The molecule has 3 heterocycles. The van der Waals surface area contributed by atoms with Crippen molar-refractivity contribution in [3.05, 3.63) is 41.7 Å². The Balaban J connectivity index is 1.37. The molecule has 10 heteroatoms. The molecule has 2 saturated heterocycles. The minimum atomic E-state index is -3.40. The standard InChI is InChI=1S/C22H32N6O3S/c1-18-6-7-19(21(14-18)26-8-4-5-9-26)16-25-10-12-27(13-11-25)22(29)28-17-20(15-23-28)24(2)32(3,30)31/h6-7,14-15,17H,4-5,8-13,16H2,1-3H3. The second-order valence-electron chi connectivity index (χ2n) is 8.75. The van der Waals surface area contributed by atoms with Gasteiger partial charge in [0.2, 0.25) is 10.0 Å². The zero-order valence-corrected chi connectivity index (χ0v) is 19.9. The topological polar surface area (TPSA) is 82.0 Å². The Labute approximate surface area is 190 Å². The monoisotopic (exact) mass is 460 g/mol. The number of sulfonamides is 1. The van der Waals surface area contributed by atoms with Crippen molar-refractivity contribution in [3.8, 4) is 0 Å². The van der Waals surface area contributed by atoms with Crippen LogP contribution in [-0.4, -0.2) is 86.6 Å². The van der Waals surface area contributed by atoms with Gasteiger partial charge in [0.15, 0.2) is 0 Å². The van der Waals surface area contributed by atoms with E-state index in [9.17, 15) is 13.2 Å². The van der Waals surface area contributed by atoms with Crippen LogP contribution in [0, 0.1) is 6.92 Å². The summed E-state index contributed by atoms with van der Waals surface area (Å²) in [6, 6.07) is 6.48. The van der Waals surface area contributed by atoms with Crippen molar-refractivity contribution in [2.75, 3.05) is 61.8 Å². The van der Waals surface area contributed by atoms with E-state index >= 15 is 0 Å². The molecule has 0 aliphatic carbocycles. The first-order valence-corrected chi connectivity index (χ1v) is 12.9. The summed E-state index contributed by atoms with van der Waals surface area (Å²) in [5.41, 5.74) is 4.34. The quantitative estimate of drug-likeness (QED) is 0.679. The number of hydrogen-bond acceptors (Lipinski definition) is 6. The summed E-state index contributed by atoms with van der Waals surface area (Å²) >= 11 is 0. The third kappa shape index (κ3) is 4.91.